The highest BCUT2D eigenvalue weighted by molar-refractivity contribution is 7.12. The molecule has 1 aromatic carbocycles. The molecule has 1 amide bonds. The van der Waals surface area contributed by atoms with Gasteiger partial charge in [0.25, 0.3) is 5.91 Å². The summed E-state index contributed by atoms with van der Waals surface area (Å²) >= 11 is 1.59. The Labute approximate surface area is 168 Å². The number of halogens is 1. The number of amides is 1. The summed E-state index contributed by atoms with van der Waals surface area (Å²) in [5.41, 5.74) is 6.50. The molecule has 0 aliphatic heterocycles. The Balaban J connectivity index is 0.00000364. The smallest absolute Gasteiger partial charge is 0.303 e. The Bertz CT molecular complexity index is 805. The number of carbonyl (C=O) groups is 2. The maximum Gasteiger partial charge on any atom is 0.303 e. The van der Waals surface area contributed by atoms with Crippen LogP contribution in [-0.2, 0) is 11.2 Å². The van der Waals surface area contributed by atoms with Crippen LogP contribution >= 0.6 is 23.7 Å². The van der Waals surface area contributed by atoms with Crippen molar-refractivity contribution >= 4 is 41.5 Å². The molecule has 0 fully saturated rings. The van der Waals surface area contributed by atoms with Gasteiger partial charge in [0.05, 0.1) is 6.42 Å². The number of aliphatic carboxylic acids is 1. The molecule has 0 radical (unpaired) electrons. The van der Waals surface area contributed by atoms with Gasteiger partial charge in [-0.25, -0.2) is 0 Å². The van der Waals surface area contributed by atoms with E-state index in [4.69, 9.17) is 16.2 Å². The van der Waals surface area contributed by atoms with Gasteiger partial charge in [-0.05, 0) is 31.2 Å². The second-order valence-electron chi connectivity index (χ2n) is 6.37. The molecule has 0 bridgehead atoms. The van der Waals surface area contributed by atoms with E-state index in [1.165, 1.54) is 0 Å². The molecule has 0 saturated heterocycles. The van der Waals surface area contributed by atoms with E-state index in [0.29, 0.717) is 17.5 Å². The lowest BCUT2D eigenvalue weighted by Crippen LogP contribution is -2.33. The molecule has 1 aromatic heterocycles. The summed E-state index contributed by atoms with van der Waals surface area (Å²) in [5.74, 6) is -1.03. The van der Waals surface area contributed by atoms with Crippen molar-refractivity contribution in [3.63, 3.8) is 0 Å². The molecule has 2 atom stereocenters. The van der Waals surface area contributed by atoms with Crippen molar-refractivity contribution in [2.75, 3.05) is 0 Å². The van der Waals surface area contributed by atoms with Gasteiger partial charge in [0.15, 0.2) is 0 Å². The molecule has 146 valence electrons. The summed E-state index contributed by atoms with van der Waals surface area (Å²) in [6.07, 6.45) is 0.796. The largest absolute Gasteiger partial charge is 0.481 e. The van der Waals surface area contributed by atoms with Crippen LogP contribution in [0.2, 0.25) is 0 Å². The van der Waals surface area contributed by atoms with Crippen LogP contribution < -0.4 is 11.1 Å². The molecule has 1 heterocycles. The molecule has 2 rings (SSSR count). The number of carboxylic acid groups (broad SMARTS) is 1. The van der Waals surface area contributed by atoms with Crippen LogP contribution in [0.5, 0.6) is 0 Å². The number of rotatable bonds is 8. The summed E-state index contributed by atoms with van der Waals surface area (Å²) in [5, 5.41) is 19.2. The van der Waals surface area contributed by atoms with Crippen molar-refractivity contribution in [3.05, 3.63) is 57.3 Å². The molecular formula is C19H24ClN3O3S. The van der Waals surface area contributed by atoms with E-state index >= 15 is 0 Å². The van der Waals surface area contributed by atoms with E-state index in [-0.39, 0.29) is 42.5 Å². The third-order valence-electron chi connectivity index (χ3n) is 3.99. The zero-order valence-corrected chi connectivity index (χ0v) is 16.8. The average molecular weight is 410 g/mol. The highest BCUT2D eigenvalue weighted by atomic mass is 35.5. The summed E-state index contributed by atoms with van der Waals surface area (Å²) in [6.45, 7) is 3.83. The third-order valence-corrected chi connectivity index (χ3v) is 5.33. The lowest BCUT2D eigenvalue weighted by molar-refractivity contribution is -0.137. The maximum absolute atomic E-state index is 12.3. The van der Waals surface area contributed by atoms with E-state index in [1.807, 2.05) is 26.0 Å². The van der Waals surface area contributed by atoms with Gasteiger partial charge in [-0.2, -0.15) is 0 Å². The second kappa shape index (κ2) is 10.1. The van der Waals surface area contributed by atoms with Crippen LogP contribution in [0.1, 0.15) is 51.9 Å². The van der Waals surface area contributed by atoms with Crippen molar-refractivity contribution in [1.29, 1.82) is 5.41 Å². The van der Waals surface area contributed by atoms with Gasteiger partial charge in [0.1, 0.15) is 5.84 Å². The molecule has 6 nitrogen and oxygen atoms in total. The van der Waals surface area contributed by atoms with Gasteiger partial charge in [0.2, 0.25) is 0 Å². The number of carboxylic acids is 1. The molecule has 5 N–H and O–H groups in total. The van der Waals surface area contributed by atoms with Gasteiger partial charge < -0.3 is 16.2 Å². The topological polar surface area (TPSA) is 116 Å². The van der Waals surface area contributed by atoms with Crippen molar-refractivity contribution in [2.45, 2.75) is 38.6 Å². The molecule has 27 heavy (non-hydrogen) atoms. The quantitative estimate of drug-likeness (QED) is 0.395. The first-order valence-electron chi connectivity index (χ1n) is 8.32. The monoisotopic (exact) mass is 409 g/mol. The number of nitrogens with one attached hydrogen (secondary N) is 2. The molecule has 2 aromatic rings. The number of nitrogens with two attached hydrogens (primary N) is 1. The Morgan fingerprint density at radius 2 is 1.74 bits per heavy atom. The number of carbonyl (C=O) groups excluding carboxylic acids is 1. The summed E-state index contributed by atoms with van der Waals surface area (Å²) in [6, 6.07) is 10.5. The lowest BCUT2D eigenvalue weighted by Gasteiger charge is -2.13. The minimum Gasteiger partial charge on any atom is -0.481 e. The molecule has 0 aliphatic carbocycles. The van der Waals surface area contributed by atoms with Crippen LogP contribution in [0, 0.1) is 5.41 Å². The average Bonchev–Trinajstić information content (AvgIpc) is 3.02. The number of nitrogen functional groups attached to an aromatic ring is 1. The van der Waals surface area contributed by atoms with Gasteiger partial charge in [-0.3, -0.25) is 15.0 Å². The van der Waals surface area contributed by atoms with Crippen LogP contribution in [-0.4, -0.2) is 28.9 Å². The fraction of sp³-hybridized carbons (Fsp3) is 0.316. The summed E-state index contributed by atoms with van der Waals surface area (Å²) in [4.78, 5) is 25.3. The summed E-state index contributed by atoms with van der Waals surface area (Å²) < 4.78 is 0. The first-order chi connectivity index (χ1) is 12.3. The molecular weight excluding hydrogens is 386 g/mol. The van der Waals surface area contributed by atoms with Crippen LogP contribution in [0.3, 0.4) is 0 Å². The molecule has 8 heteroatoms. The van der Waals surface area contributed by atoms with Gasteiger partial charge in [-0.15, -0.1) is 23.7 Å². The first-order valence-corrected chi connectivity index (χ1v) is 9.13. The van der Waals surface area contributed by atoms with Crippen molar-refractivity contribution in [3.8, 4) is 0 Å². The normalized spacial score (nSPS) is 12.5. The fourth-order valence-electron chi connectivity index (χ4n) is 2.59. The van der Waals surface area contributed by atoms with Crippen LogP contribution in [0.4, 0.5) is 0 Å². The van der Waals surface area contributed by atoms with E-state index in [2.05, 4.69) is 5.32 Å². The Morgan fingerprint density at radius 1 is 1.15 bits per heavy atom. The highest BCUT2D eigenvalue weighted by Gasteiger charge is 2.15. The zero-order chi connectivity index (χ0) is 19.3. The number of amidine groups is 1. The van der Waals surface area contributed by atoms with Crippen molar-refractivity contribution < 1.29 is 14.7 Å². The number of hydrogen-bond acceptors (Lipinski definition) is 4. The van der Waals surface area contributed by atoms with Crippen molar-refractivity contribution in [1.82, 2.24) is 5.32 Å². The minimum absolute atomic E-state index is 0. The fourth-order valence-corrected chi connectivity index (χ4v) is 3.79. The van der Waals surface area contributed by atoms with E-state index in [9.17, 15) is 9.59 Å². The highest BCUT2D eigenvalue weighted by Crippen LogP contribution is 2.27. The van der Waals surface area contributed by atoms with Gasteiger partial charge >= 0.3 is 5.97 Å². The standard InChI is InChI=1S/C19H23N3O3S.ClH/c1-11(9-17(23)24)16-8-7-15(26-16)10-12(2)22-19(25)14-5-3-13(4-6-14)18(20)21;/h3-8,11-12H,9-10H2,1-2H3,(H3,20,21)(H,22,25)(H,23,24);1H. The first kappa shape index (κ1) is 22.7. The Hall–Kier alpha value is -2.38. The molecule has 0 saturated carbocycles. The second-order valence-corrected chi connectivity index (χ2v) is 7.57. The molecule has 2 unspecified atom stereocenters. The Kier molecular flexibility index (Phi) is 8.46. The number of thiophene rings is 1. The van der Waals surface area contributed by atoms with E-state index in [0.717, 1.165) is 9.75 Å². The van der Waals surface area contributed by atoms with Gasteiger partial charge in [0, 0.05) is 39.3 Å². The maximum atomic E-state index is 12.3. The predicted molar refractivity (Wildman–Crippen MR) is 110 cm³/mol. The minimum atomic E-state index is -0.802. The SMILES string of the molecule is CC(Cc1ccc(C(C)CC(=O)O)s1)NC(=O)c1ccc(C(=N)N)cc1.Cl. The van der Waals surface area contributed by atoms with Crippen molar-refractivity contribution in [2.24, 2.45) is 5.73 Å². The summed E-state index contributed by atoms with van der Waals surface area (Å²) in [7, 11) is 0. The zero-order valence-electron chi connectivity index (χ0n) is 15.2. The molecule has 0 spiro atoms. The number of hydrogen-bond donors (Lipinski definition) is 4. The molecule has 0 aliphatic rings. The van der Waals surface area contributed by atoms with Gasteiger partial charge in [-0.1, -0.05) is 19.1 Å². The number of benzene rings is 1. The van der Waals surface area contributed by atoms with E-state index in [1.54, 1.807) is 35.6 Å². The predicted octanol–water partition coefficient (Wildman–Crippen LogP) is 3.39. The van der Waals surface area contributed by atoms with E-state index < -0.39 is 5.97 Å². The van der Waals surface area contributed by atoms with Crippen LogP contribution in [0.25, 0.3) is 0 Å². The van der Waals surface area contributed by atoms with Crippen LogP contribution in [0.15, 0.2) is 36.4 Å². The lowest BCUT2D eigenvalue weighted by atomic mass is 10.1. The third kappa shape index (κ3) is 6.69. The Morgan fingerprint density at radius 3 is 2.30 bits per heavy atom.